The van der Waals surface area contributed by atoms with Crippen molar-refractivity contribution in [3.63, 3.8) is 0 Å². The maximum Gasteiger partial charge on any atom is 0.269 e. The van der Waals surface area contributed by atoms with Crippen molar-refractivity contribution in [3.8, 4) is 0 Å². The lowest BCUT2D eigenvalue weighted by Gasteiger charge is -2.32. The lowest BCUT2D eigenvalue weighted by atomic mass is 10.0. The second-order valence-electron chi connectivity index (χ2n) is 5.27. The van der Waals surface area contributed by atoms with Gasteiger partial charge in [0.25, 0.3) is 5.91 Å². The molecule has 1 amide bonds. The molecular weight excluding hydrogens is 398 g/mol. The van der Waals surface area contributed by atoms with Crippen LogP contribution in [0.4, 0.5) is 0 Å². The topological polar surface area (TPSA) is 87.6 Å². The van der Waals surface area contributed by atoms with E-state index < -0.39 is 0 Å². The van der Waals surface area contributed by atoms with Gasteiger partial charge >= 0.3 is 0 Å². The molecule has 7 nitrogen and oxygen atoms in total. The fourth-order valence-corrected chi connectivity index (χ4v) is 3.06. The molecule has 1 saturated heterocycles. The molecule has 1 aliphatic rings. The molecule has 0 radical (unpaired) electrons. The predicted octanol–water partition coefficient (Wildman–Crippen LogP) is 2.40. The number of aromatic nitrogens is 4. The van der Waals surface area contributed by atoms with E-state index in [1.807, 2.05) is 0 Å². The molecule has 2 aromatic rings. The Kier molecular flexibility index (Phi) is 7.82. The number of piperidine rings is 1. The molecule has 0 aliphatic carbocycles. The van der Waals surface area contributed by atoms with Gasteiger partial charge in [-0.25, -0.2) is 9.67 Å². The molecule has 0 unspecified atom stereocenters. The Balaban J connectivity index is 0.00000144. The third kappa shape index (κ3) is 4.15. The Morgan fingerprint density at radius 1 is 1.38 bits per heavy atom. The molecule has 0 spiro atoms. The van der Waals surface area contributed by atoms with Crippen LogP contribution in [0.25, 0.3) is 0 Å². The van der Waals surface area contributed by atoms with Gasteiger partial charge in [0, 0.05) is 12.2 Å². The van der Waals surface area contributed by atoms with E-state index in [-0.39, 0.29) is 47.8 Å². The average Bonchev–Trinajstić information content (AvgIpc) is 3.13. The molecule has 3 rings (SSSR count). The van der Waals surface area contributed by atoms with E-state index in [0.29, 0.717) is 23.0 Å². The van der Waals surface area contributed by atoms with Gasteiger partial charge in [-0.2, -0.15) is 5.10 Å². The van der Waals surface area contributed by atoms with Gasteiger partial charge in [-0.05, 0) is 19.9 Å². The Bertz CT molecular complexity index is 674. The van der Waals surface area contributed by atoms with E-state index in [4.69, 9.17) is 23.2 Å². The van der Waals surface area contributed by atoms with Crippen molar-refractivity contribution in [2.45, 2.75) is 25.4 Å². The summed E-state index contributed by atoms with van der Waals surface area (Å²) in [6, 6.07) is -0.0561. The smallest absolute Gasteiger partial charge is 0.269 e. The number of amides is 1. The largest absolute Gasteiger partial charge is 0.352 e. The van der Waals surface area contributed by atoms with Crippen LogP contribution in [-0.2, 0) is 0 Å². The second kappa shape index (κ2) is 8.92. The van der Waals surface area contributed by atoms with Gasteiger partial charge in [0.15, 0.2) is 0 Å². The van der Waals surface area contributed by atoms with Gasteiger partial charge in [0.1, 0.15) is 18.3 Å². The quantitative estimate of drug-likeness (QED) is 0.718. The van der Waals surface area contributed by atoms with Crippen LogP contribution in [0, 0.1) is 6.92 Å². The highest BCUT2D eigenvalue weighted by atomic mass is 35.5. The van der Waals surface area contributed by atoms with Crippen LogP contribution in [0.1, 0.15) is 28.6 Å². The summed E-state index contributed by atoms with van der Waals surface area (Å²) in [5, 5.41) is 11.1. The Morgan fingerprint density at radius 3 is 2.71 bits per heavy atom. The van der Waals surface area contributed by atoms with Gasteiger partial charge in [0.05, 0.1) is 22.1 Å². The number of rotatable bonds is 3. The monoisotopic (exact) mass is 414 g/mol. The molecule has 2 aromatic heterocycles. The van der Waals surface area contributed by atoms with E-state index in [9.17, 15) is 4.79 Å². The summed E-state index contributed by atoms with van der Waals surface area (Å²) in [6.07, 6.45) is 3.93. The number of carbonyl (C=O) groups excluding carboxylic acids is 1. The van der Waals surface area contributed by atoms with Gasteiger partial charge in [0.2, 0.25) is 0 Å². The lowest BCUT2D eigenvalue weighted by molar-refractivity contribution is 0.0905. The first kappa shape index (κ1) is 21.1. The molecule has 134 valence electrons. The fraction of sp³-hybridized carbons (Fsp3) is 0.462. The SMILES string of the molecule is Cc1[nH]c(C(=O)N[C@@H]2CCNC[C@@H]2n2cncn2)c(Cl)c1Cl.Cl.Cl. The number of hydrogen-bond donors (Lipinski definition) is 3. The normalized spacial score (nSPS) is 20.0. The molecule has 1 fully saturated rings. The number of nitrogens with one attached hydrogen (secondary N) is 3. The number of aromatic amines is 1. The zero-order valence-electron chi connectivity index (χ0n) is 12.8. The summed E-state index contributed by atoms with van der Waals surface area (Å²) in [5.41, 5.74) is 0.968. The number of halogens is 4. The highest BCUT2D eigenvalue weighted by Crippen LogP contribution is 2.29. The maximum atomic E-state index is 12.5. The van der Waals surface area contributed by atoms with Crippen molar-refractivity contribution >= 4 is 53.9 Å². The van der Waals surface area contributed by atoms with E-state index in [0.717, 1.165) is 13.0 Å². The first-order valence-corrected chi connectivity index (χ1v) is 7.72. The number of aryl methyl sites for hydroxylation is 1. The van der Waals surface area contributed by atoms with Crippen LogP contribution in [0.3, 0.4) is 0 Å². The Morgan fingerprint density at radius 2 is 2.12 bits per heavy atom. The number of nitrogens with zero attached hydrogens (tertiary/aromatic N) is 3. The fourth-order valence-electron chi connectivity index (χ4n) is 2.65. The molecule has 0 bridgehead atoms. The van der Waals surface area contributed by atoms with Gasteiger partial charge in [-0.1, -0.05) is 23.2 Å². The zero-order valence-corrected chi connectivity index (χ0v) is 15.9. The Labute approximate surface area is 161 Å². The van der Waals surface area contributed by atoms with Gasteiger partial charge in [-0.3, -0.25) is 4.79 Å². The average molecular weight is 416 g/mol. The van der Waals surface area contributed by atoms with Gasteiger partial charge in [-0.15, -0.1) is 24.8 Å². The molecule has 11 heteroatoms. The van der Waals surface area contributed by atoms with E-state index in [1.54, 1.807) is 17.9 Å². The summed E-state index contributed by atoms with van der Waals surface area (Å²) in [5.74, 6) is -0.267. The highest BCUT2D eigenvalue weighted by Gasteiger charge is 2.30. The summed E-state index contributed by atoms with van der Waals surface area (Å²) < 4.78 is 1.76. The van der Waals surface area contributed by atoms with Crippen LogP contribution < -0.4 is 10.6 Å². The lowest BCUT2D eigenvalue weighted by Crippen LogP contribution is -2.50. The van der Waals surface area contributed by atoms with Gasteiger partial charge < -0.3 is 15.6 Å². The van der Waals surface area contributed by atoms with Crippen molar-refractivity contribution in [2.24, 2.45) is 0 Å². The van der Waals surface area contributed by atoms with Crippen molar-refractivity contribution in [1.29, 1.82) is 0 Å². The second-order valence-corrected chi connectivity index (χ2v) is 6.02. The molecule has 0 saturated carbocycles. The van der Waals surface area contributed by atoms with Crippen molar-refractivity contribution in [1.82, 2.24) is 30.4 Å². The highest BCUT2D eigenvalue weighted by molar-refractivity contribution is 6.44. The number of carbonyl (C=O) groups is 1. The minimum atomic E-state index is -0.267. The number of hydrogen-bond acceptors (Lipinski definition) is 4. The summed E-state index contributed by atoms with van der Waals surface area (Å²) in [7, 11) is 0. The molecule has 3 N–H and O–H groups in total. The minimum absolute atomic E-state index is 0. The van der Waals surface area contributed by atoms with E-state index in [1.165, 1.54) is 6.33 Å². The third-order valence-corrected chi connectivity index (χ3v) is 4.77. The van der Waals surface area contributed by atoms with Crippen molar-refractivity contribution in [3.05, 3.63) is 34.1 Å². The summed E-state index contributed by atoms with van der Waals surface area (Å²) in [4.78, 5) is 19.4. The first-order valence-electron chi connectivity index (χ1n) is 6.97. The van der Waals surface area contributed by atoms with Crippen molar-refractivity contribution < 1.29 is 4.79 Å². The molecular formula is C13H18Cl4N6O. The van der Waals surface area contributed by atoms with E-state index >= 15 is 0 Å². The molecule has 0 aromatic carbocycles. The molecule has 2 atom stereocenters. The van der Waals surface area contributed by atoms with Crippen LogP contribution in [0.5, 0.6) is 0 Å². The zero-order chi connectivity index (χ0) is 15.7. The first-order chi connectivity index (χ1) is 10.6. The molecule has 24 heavy (non-hydrogen) atoms. The van der Waals surface area contributed by atoms with Crippen LogP contribution >= 0.6 is 48.0 Å². The summed E-state index contributed by atoms with van der Waals surface area (Å²) in [6.45, 7) is 3.31. The molecule has 1 aliphatic heterocycles. The van der Waals surface area contributed by atoms with Crippen molar-refractivity contribution in [2.75, 3.05) is 13.1 Å². The minimum Gasteiger partial charge on any atom is -0.352 e. The maximum absolute atomic E-state index is 12.5. The molecule has 3 heterocycles. The van der Waals surface area contributed by atoms with Crippen LogP contribution in [0.2, 0.25) is 10.0 Å². The third-order valence-electron chi connectivity index (χ3n) is 3.82. The summed E-state index contributed by atoms with van der Waals surface area (Å²) >= 11 is 12.1. The van der Waals surface area contributed by atoms with E-state index in [2.05, 4.69) is 25.7 Å². The van der Waals surface area contributed by atoms with Crippen LogP contribution in [-0.4, -0.2) is 44.8 Å². The standard InChI is InChI=1S/C13H16Cl2N6O.2ClH/c1-7-10(14)11(15)12(19-7)13(22)20-8-2-3-16-4-9(8)21-6-17-5-18-21;;/h5-6,8-9,16,19H,2-4H2,1H3,(H,20,22);2*1H/t8-,9+;;/m1../s1. The van der Waals surface area contributed by atoms with Crippen LogP contribution in [0.15, 0.2) is 12.7 Å². The Hall–Kier alpha value is -0.990. The predicted molar refractivity (Wildman–Crippen MR) is 97.8 cm³/mol. The number of H-pyrrole nitrogens is 1.